The van der Waals surface area contributed by atoms with E-state index in [4.69, 9.17) is 21.1 Å². The Morgan fingerprint density at radius 3 is 2.49 bits per heavy atom. The topological polar surface area (TPSA) is 122 Å². The lowest BCUT2D eigenvalue weighted by Gasteiger charge is -2.26. The Bertz CT molecular complexity index is 1550. The number of halogens is 1. The van der Waals surface area contributed by atoms with Crippen LogP contribution >= 0.6 is 11.6 Å². The number of para-hydroxylation sites is 1. The second-order valence-corrected chi connectivity index (χ2v) is 8.17. The number of furan rings is 1. The van der Waals surface area contributed by atoms with Gasteiger partial charge >= 0.3 is 12.0 Å². The summed E-state index contributed by atoms with van der Waals surface area (Å²) in [5.41, 5.74) is 1.40. The molecule has 2 aromatic heterocycles. The first-order chi connectivity index (χ1) is 16.8. The van der Waals surface area contributed by atoms with Gasteiger partial charge in [-0.15, -0.1) is 0 Å². The minimum Gasteiger partial charge on any atom is -0.475 e. The monoisotopic (exact) mass is 489 g/mol. The molecule has 4 amide bonds. The van der Waals surface area contributed by atoms with Crippen LogP contribution in [0.5, 0.6) is 0 Å². The molecule has 1 saturated heterocycles. The maximum atomic E-state index is 13.2. The van der Waals surface area contributed by atoms with Crippen molar-refractivity contribution in [3.63, 3.8) is 0 Å². The third-order valence-corrected chi connectivity index (χ3v) is 5.76. The first kappa shape index (κ1) is 22.2. The molecular weight excluding hydrogens is 474 g/mol. The van der Waals surface area contributed by atoms with E-state index in [9.17, 15) is 19.2 Å². The number of nitrogens with zero attached hydrogens (tertiary/aromatic N) is 2. The number of rotatable bonds is 5. The standard InChI is InChI=1S/C25H16ClN3O6/c26-15-5-7-16(8-6-15)29-23(31)19(22(30)27-25(29)34)11-14-12-28(20-4-2-1-3-18(14)20)13-17-9-10-21(35-17)24(32)33/h1-12H,13H2,(H,32,33)(H,27,30,34). The normalized spacial score (nSPS) is 15.2. The van der Waals surface area contributed by atoms with Crippen LogP contribution in [0.3, 0.4) is 0 Å². The summed E-state index contributed by atoms with van der Waals surface area (Å²) in [6.45, 7) is 0.229. The number of imide groups is 2. The Kier molecular flexibility index (Phi) is 5.46. The summed E-state index contributed by atoms with van der Waals surface area (Å²) in [6, 6.07) is 15.5. The zero-order chi connectivity index (χ0) is 24.7. The van der Waals surface area contributed by atoms with Crippen molar-refractivity contribution in [2.24, 2.45) is 0 Å². The summed E-state index contributed by atoms with van der Waals surface area (Å²) in [7, 11) is 0. The van der Waals surface area contributed by atoms with Gasteiger partial charge in [0, 0.05) is 27.7 Å². The summed E-state index contributed by atoms with van der Waals surface area (Å²) < 4.78 is 7.19. The summed E-state index contributed by atoms with van der Waals surface area (Å²) >= 11 is 5.91. The van der Waals surface area contributed by atoms with E-state index in [2.05, 4.69) is 5.32 Å². The summed E-state index contributed by atoms with van der Waals surface area (Å²) in [5.74, 6) is -2.49. The van der Waals surface area contributed by atoms with Crippen molar-refractivity contribution in [1.29, 1.82) is 0 Å². The third-order valence-electron chi connectivity index (χ3n) is 5.50. The van der Waals surface area contributed by atoms with E-state index in [0.29, 0.717) is 16.3 Å². The highest BCUT2D eigenvalue weighted by atomic mass is 35.5. The van der Waals surface area contributed by atoms with Crippen molar-refractivity contribution in [3.8, 4) is 0 Å². The van der Waals surface area contributed by atoms with Crippen molar-refractivity contribution in [1.82, 2.24) is 9.88 Å². The largest absolute Gasteiger partial charge is 0.475 e. The number of carboxylic acid groups (broad SMARTS) is 1. The minimum atomic E-state index is -1.17. The van der Waals surface area contributed by atoms with E-state index in [1.54, 1.807) is 12.3 Å². The highest BCUT2D eigenvalue weighted by Gasteiger charge is 2.37. The van der Waals surface area contributed by atoms with Crippen molar-refractivity contribution in [2.45, 2.75) is 6.54 Å². The van der Waals surface area contributed by atoms with Gasteiger partial charge in [-0.25, -0.2) is 14.5 Å². The van der Waals surface area contributed by atoms with E-state index >= 15 is 0 Å². The number of carbonyl (C=O) groups is 4. The van der Waals surface area contributed by atoms with Crippen LogP contribution in [0.1, 0.15) is 21.9 Å². The minimum absolute atomic E-state index is 0.171. The number of barbiturate groups is 1. The molecule has 0 aliphatic carbocycles. The summed E-state index contributed by atoms with van der Waals surface area (Å²) in [5, 5.41) is 12.5. The zero-order valence-electron chi connectivity index (χ0n) is 17.9. The first-order valence-corrected chi connectivity index (χ1v) is 10.8. The van der Waals surface area contributed by atoms with Crippen LogP contribution < -0.4 is 10.2 Å². The van der Waals surface area contributed by atoms with Crippen molar-refractivity contribution in [2.75, 3.05) is 4.90 Å². The molecule has 9 nitrogen and oxygen atoms in total. The van der Waals surface area contributed by atoms with E-state index in [0.717, 1.165) is 15.8 Å². The summed E-state index contributed by atoms with van der Waals surface area (Å²) in [6.07, 6.45) is 3.15. The molecule has 0 radical (unpaired) electrons. The number of aromatic carboxylic acids is 1. The van der Waals surface area contributed by atoms with Crippen LogP contribution in [-0.4, -0.2) is 33.5 Å². The number of amides is 4. The number of fused-ring (bicyclic) bond motifs is 1. The van der Waals surface area contributed by atoms with Crippen LogP contribution in [0.25, 0.3) is 17.0 Å². The number of aromatic nitrogens is 1. The molecule has 0 unspecified atom stereocenters. The molecule has 174 valence electrons. The van der Waals surface area contributed by atoms with Gasteiger partial charge in [-0.05, 0) is 48.5 Å². The number of benzene rings is 2. The average Bonchev–Trinajstić information content (AvgIpc) is 3.43. The fourth-order valence-electron chi connectivity index (χ4n) is 3.90. The van der Waals surface area contributed by atoms with Gasteiger partial charge in [0.25, 0.3) is 11.8 Å². The van der Waals surface area contributed by atoms with Crippen LogP contribution in [-0.2, 0) is 16.1 Å². The molecule has 10 heteroatoms. The second kappa shape index (κ2) is 8.62. The maximum absolute atomic E-state index is 13.2. The number of nitrogens with one attached hydrogen (secondary N) is 1. The molecule has 0 bridgehead atoms. The van der Waals surface area contributed by atoms with Gasteiger partial charge in [0.2, 0.25) is 5.76 Å². The number of hydrogen-bond acceptors (Lipinski definition) is 5. The molecule has 0 atom stereocenters. The van der Waals surface area contributed by atoms with Gasteiger partial charge in [-0.2, -0.15) is 0 Å². The molecule has 1 fully saturated rings. The van der Waals surface area contributed by atoms with Gasteiger partial charge in [0.05, 0.1) is 12.2 Å². The van der Waals surface area contributed by atoms with E-state index < -0.39 is 23.8 Å². The fourth-order valence-corrected chi connectivity index (χ4v) is 4.03. The Balaban J connectivity index is 1.54. The highest BCUT2D eigenvalue weighted by Crippen LogP contribution is 2.28. The molecule has 3 heterocycles. The molecule has 5 rings (SSSR count). The molecule has 35 heavy (non-hydrogen) atoms. The quantitative estimate of drug-likeness (QED) is 0.318. The predicted octanol–water partition coefficient (Wildman–Crippen LogP) is 4.30. The highest BCUT2D eigenvalue weighted by molar-refractivity contribution is 6.39. The molecule has 2 N–H and O–H groups in total. The first-order valence-electron chi connectivity index (χ1n) is 10.4. The molecule has 1 aliphatic rings. The van der Waals surface area contributed by atoms with Crippen molar-refractivity contribution in [3.05, 3.63) is 94.5 Å². The van der Waals surface area contributed by atoms with Crippen LogP contribution in [0.2, 0.25) is 5.02 Å². The Hall–Kier alpha value is -4.63. The van der Waals surface area contributed by atoms with Crippen LogP contribution in [0.15, 0.2) is 76.9 Å². The number of carbonyl (C=O) groups excluding carboxylic acids is 3. The molecule has 0 spiro atoms. The molecule has 0 saturated carbocycles. The number of anilines is 1. The third kappa shape index (κ3) is 4.09. The Morgan fingerprint density at radius 1 is 1.03 bits per heavy atom. The maximum Gasteiger partial charge on any atom is 0.371 e. The number of urea groups is 1. The average molecular weight is 490 g/mol. The van der Waals surface area contributed by atoms with Gasteiger partial charge < -0.3 is 14.1 Å². The van der Waals surface area contributed by atoms with Crippen LogP contribution in [0, 0.1) is 0 Å². The molecule has 2 aromatic carbocycles. The van der Waals surface area contributed by atoms with Gasteiger partial charge in [-0.1, -0.05) is 29.8 Å². The molecule has 1 aliphatic heterocycles. The number of carboxylic acids is 1. The fraction of sp³-hybridized carbons (Fsp3) is 0.0400. The lowest BCUT2D eigenvalue weighted by Crippen LogP contribution is -2.54. The van der Waals surface area contributed by atoms with E-state index in [1.165, 1.54) is 36.4 Å². The lowest BCUT2D eigenvalue weighted by molar-refractivity contribution is -0.122. The summed E-state index contributed by atoms with van der Waals surface area (Å²) in [4.78, 5) is 50.2. The SMILES string of the molecule is O=C1NC(=O)N(c2ccc(Cl)cc2)C(=O)C1=Cc1cn(Cc2ccc(C(=O)O)o2)c2ccccc12. The van der Waals surface area contributed by atoms with Crippen molar-refractivity contribution < 1.29 is 28.7 Å². The molecule has 4 aromatic rings. The zero-order valence-corrected chi connectivity index (χ0v) is 18.7. The van der Waals surface area contributed by atoms with Crippen LogP contribution in [0.4, 0.5) is 10.5 Å². The lowest BCUT2D eigenvalue weighted by atomic mass is 10.1. The Labute approximate surface area is 202 Å². The second-order valence-electron chi connectivity index (χ2n) is 7.73. The van der Waals surface area contributed by atoms with Gasteiger partial charge in [-0.3, -0.25) is 14.9 Å². The van der Waals surface area contributed by atoms with Gasteiger partial charge in [0.1, 0.15) is 11.3 Å². The number of hydrogen-bond donors (Lipinski definition) is 2. The van der Waals surface area contributed by atoms with E-state index in [-0.39, 0.29) is 23.6 Å². The molecular formula is C25H16ClN3O6. The van der Waals surface area contributed by atoms with Gasteiger partial charge in [0.15, 0.2) is 0 Å². The van der Waals surface area contributed by atoms with Crippen molar-refractivity contribution >= 4 is 58.1 Å². The Morgan fingerprint density at radius 2 is 1.77 bits per heavy atom. The van der Waals surface area contributed by atoms with E-state index in [1.807, 2.05) is 28.8 Å². The predicted molar refractivity (Wildman–Crippen MR) is 127 cm³/mol. The smallest absolute Gasteiger partial charge is 0.371 e.